The van der Waals surface area contributed by atoms with Crippen molar-refractivity contribution in [2.75, 3.05) is 13.1 Å². The van der Waals surface area contributed by atoms with E-state index in [1.165, 1.54) is 23.5 Å². The highest BCUT2D eigenvalue weighted by Crippen LogP contribution is 2.28. The third-order valence-corrected chi connectivity index (χ3v) is 5.32. The molecule has 1 aromatic heterocycles. The average Bonchev–Trinajstić information content (AvgIpc) is 2.80. The first kappa shape index (κ1) is 14.9. The number of aromatic nitrogens is 1. The molecule has 1 aliphatic heterocycles. The molecule has 0 radical (unpaired) electrons. The molecule has 1 saturated heterocycles. The van der Waals surface area contributed by atoms with E-state index in [4.69, 9.17) is 10.7 Å². The quantitative estimate of drug-likeness (QED) is 0.926. The minimum Gasteiger partial charge on any atom is -0.330 e. The van der Waals surface area contributed by atoms with Crippen molar-refractivity contribution < 1.29 is 0 Å². The van der Waals surface area contributed by atoms with E-state index in [2.05, 4.69) is 38.0 Å². The maximum Gasteiger partial charge on any atom is 0.0982 e. The first-order chi connectivity index (χ1) is 8.90. The van der Waals surface area contributed by atoms with Gasteiger partial charge in [0.1, 0.15) is 0 Å². The minimum atomic E-state index is 0.163. The van der Waals surface area contributed by atoms with Gasteiger partial charge in [0.25, 0.3) is 0 Å². The molecule has 2 heterocycles. The summed E-state index contributed by atoms with van der Waals surface area (Å²) in [5.74, 6) is 0.664. The number of hydrogen-bond acceptors (Lipinski definition) is 4. The number of hydrogen-bond donors (Lipinski definition) is 1. The lowest BCUT2D eigenvalue weighted by molar-refractivity contribution is 0.112. The molecule has 1 fully saturated rings. The molecule has 0 amide bonds. The zero-order valence-electron chi connectivity index (χ0n) is 12.6. The van der Waals surface area contributed by atoms with Crippen molar-refractivity contribution in [3.8, 4) is 0 Å². The molecule has 2 rings (SSSR count). The summed E-state index contributed by atoms with van der Waals surface area (Å²) in [4.78, 5) is 7.35. The highest BCUT2D eigenvalue weighted by molar-refractivity contribution is 7.09. The van der Waals surface area contributed by atoms with Crippen LogP contribution in [-0.2, 0) is 12.0 Å². The first-order valence-electron chi connectivity index (χ1n) is 7.29. The van der Waals surface area contributed by atoms with Gasteiger partial charge in [0.15, 0.2) is 0 Å². The Kier molecular flexibility index (Phi) is 4.64. The fraction of sp³-hybridized carbons (Fsp3) is 0.800. The van der Waals surface area contributed by atoms with Crippen LogP contribution in [0.1, 0.15) is 51.2 Å². The van der Waals surface area contributed by atoms with Crippen molar-refractivity contribution >= 4 is 11.3 Å². The fourth-order valence-electron chi connectivity index (χ4n) is 2.61. The van der Waals surface area contributed by atoms with Crippen LogP contribution in [0.3, 0.4) is 0 Å². The van der Waals surface area contributed by atoms with Gasteiger partial charge in [-0.2, -0.15) is 0 Å². The molecule has 0 saturated carbocycles. The molecular weight excluding hydrogens is 254 g/mol. The van der Waals surface area contributed by atoms with Gasteiger partial charge >= 0.3 is 0 Å². The Hall–Kier alpha value is -0.450. The van der Waals surface area contributed by atoms with Crippen LogP contribution < -0.4 is 5.73 Å². The van der Waals surface area contributed by atoms with Crippen LogP contribution in [0, 0.1) is 5.92 Å². The van der Waals surface area contributed by atoms with Crippen LogP contribution in [0.5, 0.6) is 0 Å². The molecule has 3 nitrogen and oxygen atoms in total. The second-order valence-corrected chi connectivity index (χ2v) is 7.71. The Balaban J connectivity index is 2.01. The third kappa shape index (κ3) is 3.77. The molecular formula is C15H27N3S. The van der Waals surface area contributed by atoms with Crippen LogP contribution in [0.15, 0.2) is 5.38 Å². The molecule has 2 atom stereocenters. The van der Waals surface area contributed by atoms with Gasteiger partial charge in [-0.15, -0.1) is 11.3 Å². The second kappa shape index (κ2) is 5.90. The standard InChI is InChI=1S/C15H27N3S/c1-11-5-6-12(7-16)8-18(11)9-13-10-19-14(17-13)15(2,3)4/h10-12H,5-9,16H2,1-4H3. The Morgan fingerprint density at radius 3 is 2.74 bits per heavy atom. The predicted octanol–water partition coefficient (Wildman–Crippen LogP) is 3.00. The molecule has 0 aliphatic carbocycles. The molecule has 0 spiro atoms. The van der Waals surface area contributed by atoms with E-state index >= 15 is 0 Å². The topological polar surface area (TPSA) is 42.1 Å². The molecule has 4 heteroatoms. The summed E-state index contributed by atoms with van der Waals surface area (Å²) in [6.45, 7) is 11.9. The van der Waals surface area contributed by atoms with E-state index in [0.29, 0.717) is 12.0 Å². The summed E-state index contributed by atoms with van der Waals surface area (Å²) >= 11 is 1.79. The van der Waals surface area contributed by atoms with Gasteiger partial charge in [-0.3, -0.25) is 4.90 Å². The second-order valence-electron chi connectivity index (χ2n) is 6.85. The highest BCUT2D eigenvalue weighted by atomic mass is 32.1. The number of rotatable bonds is 3. The lowest BCUT2D eigenvalue weighted by atomic mass is 9.93. The summed E-state index contributed by atoms with van der Waals surface area (Å²) < 4.78 is 0. The maximum atomic E-state index is 5.83. The average molecular weight is 281 g/mol. The van der Waals surface area contributed by atoms with E-state index in [1.807, 2.05) is 0 Å². The Morgan fingerprint density at radius 2 is 2.16 bits per heavy atom. The number of nitrogens with zero attached hydrogens (tertiary/aromatic N) is 2. The van der Waals surface area contributed by atoms with Gasteiger partial charge < -0.3 is 5.73 Å². The van der Waals surface area contributed by atoms with Gasteiger partial charge in [-0.1, -0.05) is 20.8 Å². The fourth-order valence-corrected chi connectivity index (χ4v) is 3.51. The minimum absolute atomic E-state index is 0.163. The largest absolute Gasteiger partial charge is 0.330 e. The van der Waals surface area contributed by atoms with Crippen LogP contribution in [0.4, 0.5) is 0 Å². The Morgan fingerprint density at radius 1 is 1.42 bits per heavy atom. The SMILES string of the molecule is CC1CCC(CN)CN1Cc1csc(C(C)(C)C)n1. The molecule has 108 valence electrons. The predicted molar refractivity (Wildman–Crippen MR) is 82.5 cm³/mol. The van der Waals surface area contributed by atoms with E-state index in [1.54, 1.807) is 11.3 Å². The Bertz CT molecular complexity index is 408. The summed E-state index contributed by atoms with van der Waals surface area (Å²) in [5.41, 5.74) is 7.21. The van der Waals surface area contributed by atoms with Crippen LogP contribution in [0.2, 0.25) is 0 Å². The lowest BCUT2D eigenvalue weighted by Gasteiger charge is -2.37. The van der Waals surface area contributed by atoms with Crippen molar-refractivity contribution in [1.29, 1.82) is 0 Å². The summed E-state index contributed by atoms with van der Waals surface area (Å²) in [6, 6.07) is 0.655. The van der Waals surface area contributed by atoms with Gasteiger partial charge in [-0.25, -0.2) is 4.98 Å². The molecule has 2 N–H and O–H groups in total. The van der Waals surface area contributed by atoms with Crippen molar-refractivity contribution in [3.63, 3.8) is 0 Å². The zero-order valence-corrected chi connectivity index (χ0v) is 13.5. The van der Waals surface area contributed by atoms with Crippen LogP contribution >= 0.6 is 11.3 Å². The van der Waals surface area contributed by atoms with Crippen molar-refractivity contribution in [2.24, 2.45) is 11.7 Å². The van der Waals surface area contributed by atoms with E-state index in [9.17, 15) is 0 Å². The van der Waals surface area contributed by atoms with Crippen molar-refractivity contribution in [1.82, 2.24) is 9.88 Å². The van der Waals surface area contributed by atoms with Crippen molar-refractivity contribution in [3.05, 3.63) is 16.1 Å². The van der Waals surface area contributed by atoms with Gasteiger partial charge in [0.2, 0.25) is 0 Å². The molecule has 0 bridgehead atoms. The summed E-state index contributed by atoms with van der Waals surface area (Å²) in [5, 5.41) is 3.46. The van der Waals surface area contributed by atoms with Gasteiger partial charge in [0.05, 0.1) is 10.7 Å². The number of nitrogens with two attached hydrogens (primary N) is 1. The van der Waals surface area contributed by atoms with Crippen LogP contribution in [0.25, 0.3) is 0 Å². The number of likely N-dealkylation sites (tertiary alicyclic amines) is 1. The van der Waals surface area contributed by atoms with Crippen molar-refractivity contribution in [2.45, 2.75) is 58.5 Å². The molecule has 1 aromatic rings. The van der Waals surface area contributed by atoms with Gasteiger partial charge in [0, 0.05) is 29.9 Å². The summed E-state index contributed by atoms with van der Waals surface area (Å²) in [7, 11) is 0. The van der Waals surface area contributed by atoms with E-state index in [0.717, 1.165) is 19.6 Å². The van der Waals surface area contributed by atoms with Gasteiger partial charge in [-0.05, 0) is 32.2 Å². The molecule has 2 unspecified atom stereocenters. The molecule has 19 heavy (non-hydrogen) atoms. The lowest BCUT2D eigenvalue weighted by Crippen LogP contribution is -2.43. The Labute approximate surface area is 121 Å². The first-order valence-corrected chi connectivity index (χ1v) is 8.17. The third-order valence-electron chi connectivity index (χ3n) is 4.00. The number of thiazole rings is 1. The monoisotopic (exact) mass is 281 g/mol. The van der Waals surface area contributed by atoms with E-state index < -0.39 is 0 Å². The zero-order chi connectivity index (χ0) is 14.0. The smallest absolute Gasteiger partial charge is 0.0982 e. The van der Waals surface area contributed by atoms with Crippen LogP contribution in [-0.4, -0.2) is 29.0 Å². The van der Waals surface area contributed by atoms with E-state index in [-0.39, 0.29) is 5.41 Å². The maximum absolute atomic E-state index is 5.83. The number of piperidine rings is 1. The molecule has 1 aliphatic rings. The summed E-state index contributed by atoms with van der Waals surface area (Å²) in [6.07, 6.45) is 2.54. The molecule has 0 aromatic carbocycles. The highest BCUT2D eigenvalue weighted by Gasteiger charge is 2.26. The normalized spacial score (nSPS) is 25.7.